The zero-order chi connectivity index (χ0) is 63.0. The van der Waals surface area contributed by atoms with Crippen LogP contribution in [0.1, 0.15) is 206 Å². The van der Waals surface area contributed by atoms with Gasteiger partial charge in [-0.2, -0.15) is 0 Å². The summed E-state index contributed by atoms with van der Waals surface area (Å²) in [6, 6.07) is 13.6. The molecular formula is C68H80O18. The Morgan fingerprint density at radius 2 is 0.547 bits per heavy atom. The third-order valence-electron chi connectivity index (χ3n) is 13.5. The monoisotopic (exact) mass is 1180 g/mol. The lowest BCUT2D eigenvalue weighted by atomic mass is 9.86. The zero-order valence-electron chi connectivity index (χ0n) is 50.9. The summed E-state index contributed by atoms with van der Waals surface area (Å²) in [6.45, 7) is 18.6. The van der Waals surface area contributed by atoms with Crippen LogP contribution in [0.3, 0.4) is 0 Å². The Hall–Kier alpha value is -8.54. The average Bonchev–Trinajstić information content (AvgIpc) is 0.894. The van der Waals surface area contributed by atoms with E-state index in [0.717, 1.165) is 0 Å². The van der Waals surface area contributed by atoms with Gasteiger partial charge in [0.05, 0.1) is 0 Å². The van der Waals surface area contributed by atoms with Crippen molar-refractivity contribution in [3.63, 3.8) is 0 Å². The van der Waals surface area contributed by atoms with Gasteiger partial charge in [0.1, 0.15) is 100 Å². The van der Waals surface area contributed by atoms with E-state index in [1.807, 2.05) is 27.7 Å². The average molecular weight is 1190 g/mol. The van der Waals surface area contributed by atoms with Gasteiger partial charge < -0.3 is 37.9 Å². The first-order valence-corrected chi connectivity index (χ1v) is 29.3. The molecule has 1 aliphatic rings. The van der Waals surface area contributed by atoms with Gasteiger partial charge in [-0.25, -0.2) is 9.59 Å². The predicted molar refractivity (Wildman–Crippen MR) is 320 cm³/mol. The number of rotatable bonds is 34. The highest BCUT2D eigenvalue weighted by Crippen LogP contribution is 2.42. The second-order valence-corrected chi connectivity index (χ2v) is 21.3. The molecule has 18 nitrogen and oxygen atoms in total. The molecule has 0 radical (unpaired) electrons. The molecule has 4 aromatic carbocycles. The molecule has 0 unspecified atom stereocenters. The zero-order valence-corrected chi connectivity index (χ0v) is 50.9. The summed E-state index contributed by atoms with van der Waals surface area (Å²) in [6.07, 6.45) is 1.49. The van der Waals surface area contributed by atoms with E-state index in [1.54, 1.807) is 48.5 Å². The summed E-state index contributed by atoms with van der Waals surface area (Å²) in [5, 5.41) is 0. The van der Waals surface area contributed by atoms with Gasteiger partial charge in [0.25, 0.3) is 0 Å². The number of hydrogen-bond donors (Lipinski definition) is 0. The molecule has 18 heteroatoms. The summed E-state index contributed by atoms with van der Waals surface area (Å²) in [5.74, 6) is -3.38. The number of hydrogen-bond acceptors (Lipinski definition) is 18. The van der Waals surface area contributed by atoms with Crippen LogP contribution in [0.2, 0.25) is 0 Å². The maximum Gasteiger partial charge on any atom is 0.333 e. The van der Waals surface area contributed by atoms with Crippen molar-refractivity contribution in [3.05, 3.63) is 140 Å². The van der Waals surface area contributed by atoms with Crippen molar-refractivity contribution in [2.75, 3.05) is 52.9 Å². The van der Waals surface area contributed by atoms with Crippen LogP contribution in [0.4, 0.5) is 0 Å². The number of Topliss-reactive ketones (excluding diaryl/α,β-unsaturated/α-hetero) is 6. The quantitative estimate of drug-likeness (QED) is 0.00928. The minimum Gasteiger partial charge on any atom is -0.489 e. The number of benzene rings is 4. The van der Waals surface area contributed by atoms with Gasteiger partial charge in [-0.1, -0.05) is 40.9 Å². The first-order valence-electron chi connectivity index (χ1n) is 29.3. The number of ketones is 6. The molecule has 4 aromatic rings. The molecule has 460 valence electrons. The lowest BCUT2D eigenvalue weighted by Crippen LogP contribution is -2.18. The summed E-state index contributed by atoms with van der Waals surface area (Å²) in [7, 11) is 0. The van der Waals surface area contributed by atoms with E-state index in [9.17, 15) is 47.9 Å². The highest BCUT2D eigenvalue weighted by atomic mass is 16.6. The fourth-order valence-electron chi connectivity index (χ4n) is 9.67. The molecule has 0 aromatic heterocycles. The van der Waals surface area contributed by atoms with Crippen LogP contribution in [0.15, 0.2) is 72.8 Å². The molecule has 1 aliphatic carbocycles. The van der Waals surface area contributed by atoms with Crippen molar-refractivity contribution in [2.45, 2.75) is 145 Å². The topological polar surface area (TPSA) is 245 Å². The first-order chi connectivity index (χ1) is 41.1. The maximum atomic E-state index is 14.3. The maximum absolute atomic E-state index is 14.3. The molecule has 0 amide bonds. The van der Waals surface area contributed by atoms with E-state index in [1.165, 1.54) is 27.7 Å². The largest absolute Gasteiger partial charge is 0.489 e. The number of ether oxygens (including phenoxy) is 8. The van der Waals surface area contributed by atoms with E-state index in [-0.39, 0.29) is 161 Å². The number of carbonyl (C=O) groups excluding carboxylic acids is 10. The van der Waals surface area contributed by atoms with Crippen LogP contribution in [-0.2, 0) is 73.4 Å². The Morgan fingerprint density at radius 3 is 0.733 bits per heavy atom. The van der Waals surface area contributed by atoms with Crippen molar-refractivity contribution < 1.29 is 85.8 Å². The van der Waals surface area contributed by atoms with Crippen LogP contribution in [0.5, 0.6) is 23.0 Å². The van der Waals surface area contributed by atoms with Crippen LogP contribution in [-0.4, -0.2) is 111 Å². The van der Waals surface area contributed by atoms with Crippen molar-refractivity contribution in [2.24, 2.45) is 0 Å². The molecule has 8 bridgehead atoms. The van der Waals surface area contributed by atoms with Crippen molar-refractivity contribution in [3.8, 4) is 23.0 Å². The highest BCUT2D eigenvalue weighted by Gasteiger charge is 2.28. The third-order valence-corrected chi connectivity index (χ3v) is 13.5. The normalized spacial score (nSPS) is 11.5. The smallest absolute Gasteiger partial charge is 0.333 e. The summed E-state index contributed by atoms with van der Waals surface area (Å²) < 4.78 is 48.6. The Balaban J connectivity index is 1.99. The SMILES string of the molecule is C=C(C)C(=O)OCCOc1c2cc(C(=O)CCC)cc1Cc1cc(C(=O)CCC)cc(c1OCCOC(=O)CC(C)=O)Cc1cc(C(=O)CCC)cc(c1OCCOC(=O)C(=C)C)Cc1cc(C(=O)CCC)cc(c1OCCOC(=O)CC(C)=O)C2. The molecule has 86 heavy (non-hydrogen) atoms. The van der Waals surface area contributed by atoms with Crippen LogP contribution < -0.4 is 18.9 Å². The van der Waals surface area contributed by atoms with E-state index in [2.05, 4.69) is 13.2 Å². The molecular weight excluding hydrogens is 1100 g/mol. The van der Waals surface area contributed by atoms with E-state index in [0.29, 0.717) is 92.4 Å². The lowest BCUT2D eigenvalue weighted by Gasteiger charge is -2.25. The van der Waals surface area contributed by atoms with Crippen LogP contribution in [0.25, 0.3) is 0 Å². The lowest BCUT2D eigenvalue weighted by molar-refractivity contribution is -0.147. The van der Waals surface area contributed by atoms with Crippen molar-refractivity contribution in [1.82, 2.24) is 0 Å². The second kappa shape index (κ2) is 33.8. The fraction of sp³-hybridized carbons (Fsp3) is 0.441. The second-order valence-electron chi connectivity index (χ2n) is 21.3. The Labute approximate surface area is 503 Å². The highest BCUT2D eigenvalue weighted by molar-refractivity contribution is 6.00. The predicted octanol–water partition coefficient (Wildman–Crippen LogP) is 11.1. The van der Waals surface area contributed by atoms with Gasteiger partial charge in [0, 0.05) is 84.8 Å². The number of carbonyl (C=O) groups is 10. The van der Waals surface area contributed by atoms with E-state index >= 15 is 0 Å². The van der Waals surface area contributed by atoms with E-state index in [4.69, 9.17) is 37.9 Å². The summed E-state index contributed by atoms with van der Waals surface area (Å²) in [5.41, 5.74) is 5.04. The van der Waals surface area contributed by atoms with Gasteiger partial charge >= 0.3 is 23.9 Å². The summed E-state index contributed by atoms with van der Waals surface area (Å²) >= 11 is 0. The molecule has 0 atom stereocenters. The van der Waals surface area contributed by atoms with Crippen LogP contribution >= 0.6 is 0 Å². The Morgan fingerprint density at radius 1 is 0.337 bits per heavy atom. The Bertz CT molecular complexity index is 2920. The summed E-state index contributed by atoms with van der Waals surface area (Å²) in [4.78, 5) is 132. The van der Waals surface area contributed by atoms with Gasteiger partial charge in [0.15, 0.2) is 23.1 Å². The van der Waals surface area contributed by atoms with Gasteiger partial charge in [-0.3, -0.25) is 38.4 Å². The minimum atomic E-state index is -0.759. The first kappa shape index (κ1) is 68.2. The van der Waals surface area contributed by atoms with Gasteiger partial charge in [-0.05, 0) is 146 Å². The molecule has 0 saturated carbocycles. The third kappa shape index (κ3) is 20.3. The molecule has 0 spiro atoms. The van der Waals surface area contributed by atoms with E-state index < -0.39 is 48.3 Å². The van der Waals surface area contributed by atoms with Gasteiger partial charge in [-0.15, -0.1) is 0 Å². The molecule has 0 fully saturated rings. The number of esters is 4. The molecule has 0 heterocycles. The fourth-order valence-corrected chi connectivity index (χ4v) is 9.67. The van der Waals surface area contributed by atoms with Crippen molar-refractivity contribution in [1.29, 1.82) is 0 Å². The van der Waals surface area contributed by atoms with Crippen molar-refractivity contribution >= 4 is 58.6 Å². The molecule has 0 N–H and O–H groups in total. The standard InChI is InChI=1S/C68H80O18/c1-11-15-57(71)45-29-49-37-53-33-47(59(73)17-13-3)35-55(65(53)83-23-25-85-67(77)41(5)6)39-51-31-46(58(72)16-12-2)32-52(64(51)82-22-20-80-62(76)28-44(10)70)40-56-36-48(60(74)18-14-4)34-54(66(56)84-24-26-86-68(78)42(7)8)38-50(30-45)63(49)81-21-19-79-61(75)27-43(9)69/h29-36H,5,7,11-28,37-40H2,1-4,6,8-10H3. The minimum absolute atomic E-state index is 0.0756. The van der Waals surface area contributed by atoms with Gasteiger partial charge in [0.2, 0.25) is 0 Å². The molecule has 0 saturated heterocycles. The Kier molecular flexibility index (Phi) is 26.8. The number of fused-ring (bicyclic) bond motifs is 8. The molecule has 5 rings (SSSR count). The molecule has 0 aliphatic heterocycles. The van der Waals surface area contributed by atoms with Crippen LogP contribution in [0, 0.1) is 0 Å².